The molecule has 82 valence electrons. The van der Waals surface area contributed by atoms with Crippen molar-refractivity contribution >= 4 is 5.97 Å². The van der Waals surface area contributed by atoms with Gasteiger partial charge in [-0.05, 0) is 6.42 Å². The van der Waals surface area contributed by atoms with E-state index in [-0.39, 0.29) is 5.69 Å². The number of aromatic nitrogens is 2. The van der Waals surface area contributed by atoms with Gasteiger partial charge in [-0.3, -0.25) is 14.3 Å². The van der Waals surface area contributed by atoms with E-state index < -0.39 is 17.2 Å². The molecule has 0 bridgehead atoms. The summed E-state index contributed by atoms with van der Waals surface area (Å²) < 4.78 is 1.06. The molecule has 0 atom stereocenters. The minimum Gasteiger partial charge on any atom is -0.477 e. The highest BCUT2D eigenvalue weighted by molar-refractivity contribution is 5.85. The van der Waals surface area contributed by atoms with E-state index in [0.29, 0.717) is 13.0 Å². The fourth-order valence-corrected chi connectivity index (χ4v) is 1.24. The van der Waals surface area contributed by atoms with E-state index in [1.165, 1.54) is 0 Å². The van der Waals surface area contributed by atoms with E-state index in [2.05, 4.69) is 0 Å². The molecule has 0 saturated heterocycles. The zero-order valence-electron chi connectivity index (χ0n) is 8.32. The van der Waals surface area contributed by atoms with Gasteiger partial charge in [0.15, 0.2) is 0 Å². The molecular formula is C9H12N2O4. The monoisotopic (exact) mass is 212 g/mol. The average molecular weight is 212 g/mol. The molecule has 1 rings (SSSR count). The molecule has 0 saturated carbocycles. The number of carbonyl (C=O) groups is 1. The molecular weight excluding hydrogens is 200 g/mol. The predicted molar refractivity (Wildman–Crippen MR) is 53.2 cm³/mol. The molecule has 1 aromatic heterocycles. The lowest BCUT2D eigenvalue weighted by atomic mass is 10.3. The highest BCUT2D eigenvalue weighted by Crippen LogP contribution is 1.96. The SMILES string of the molecule is CCCCn1c(C(=O)O)cc(=O)[nH]c1=O. The summed E-state index contributed by atoms with van der Waals surface area (Å²) in [6, 6.07) is 0.916. The molecule has 0 radical (unpaired) electrons. The lowest BCUT2D eigenvalue weighted by molar-refractivity contribution is 0.0682. The van der Waals surface area contributed by atoms with Crippen LogP contribution >= 0.6 is 0 Å². The molecule has 0 aromatic carbocycles. The summed E-state index contributed by atoms with van der Waals surface area (Å²) in [6.07, 6.45) is 1.52. The van der Waals surface area contributed by atoms with Crippen LogP contribution in [0.4, 0.5) is 0 Å². The number of hydrogen-bond donors (Lipinski definition) is 2. The van der Waals surface area contributed by atoms with Crippen LogP contribution in [-0.2, 0) is 6.54 Å². The molecule has 6 heteroatoms. The predicted octanol–water partition coefficient (Wildman–Crippen LogP) is 0.0349. The Morgan fingerprint density at radius 1 is 1.53 bits per heavy atom. The zero-order valence-corrected chi connectivity index (χ0v) is 8.32. The number of aromatic carboxylic acids is 1. The molecule has 6 nitrogen and oxygen atoms in total. The standard InChI is InChI=1S/C9H12N2O4/c1-2-3-4-11-6(8(13)14)5-7(12)10-9(11)15/h5H,2-4H2,1H3,(H,13,14)(H,10,12,15). The van der Waals surface area contributed by atoms with Crippen molar-refractivity contribution in [3.63, 3.8) is 0 Å². The van der Waals surface area contributed by atoms with Gasteiger partial charge in [0.05, 0.1) is 0 Å². The lowest BCUT2D eigenvalue weighted by Crippen LogP contribution is -2.33. The number of carboxylic acid groups (broad SMARTS) is 1. The van der Waals surface area contributed by atoms with E-state index >= 15 is 0 Å². The Morgan fingerprint density at radius 3 is 2.73 bits per heavy atom. The second kappa shape index (κ2) is 4.59. The first-order valence-electron chi connectivity index (χ1n) is 4.63. The van der Waals surface area contributed by atoms with Crippen LogP contribution in [0.25, 0.3) is 0 Å². The van der Waals surface area contributed by atoms with Crippen molar-refractivity contribution in [2.75, 3.05) is 0 Å². The average Bonchev–Trinajstić information content (AvgIpc) is 2.15. The number of carboxylic acids is 1. The zero-order chi connectivity index (χ0) is 11.4. The van der Waals surface area contributed by atoms with Gasteiger partial charge in [0.1, 0.15) is 5.69 Å². The van der Waals surface area contributed by atoms with E-state index in [1.54, 1.807) is 0 Å². The van der Waals surface area contributed by atoms with Crippen LogP contribution < -0.4 is 11.2 Å². The first-order chi connectivity index (χ1) is 7.06. The van der Waals surface area contributed by atoms with Crippen molar-refractivity contribution in [1.29, 1.82) is 0 Å². The molecule has 0 fully saturated rings. The minimum atomic E-state index is -1.27. The fraction of sp³-hybridized carbons (Fsp3) is 0.444. The maximum atomic E-state index is 11.3. The molecule has 0 spiro atoms. The van der Waals surface area contributed by atoms with Gasteiger partial charge in [-0.1, -0.05) is 13.3 Å². The van der Waals surface area contributed by atoms with Crippen molar-refractivity contribution in [1.82, 2.24) is 9.55 Å². The van der Waals surface area contributed by atoms with Crippen molar-refractivity contribution in [3.05, 3.63) is 32.6 Å². The molecule has 0 unspecified atom stereocenters. The molecule has 15 heavy (non-hydrogen) atoms. The van der Waals surface area contributed by atoms with Crippen LogP contribution in [0.15, 0.2) is 15.7 Å². The Hall–Kier alpha value is -1.85. The molecule has 0 aliphatic carbocycles. The Labute approximate surface area is 85.2 Å². The summed E-state index contributed by atoms with van der Waals surface area (Å²) >= 11 is 0. The third kappa shape index (κ3) is 2.55. The normalized spacial score (nSPS) is 10.2. The van der Waals surface area contributed by atoms with Crippen LogP contribution in [0.5, 0.6) is 0 Å². The van der Waals surface area contributed by atoms with E-state index in [0.717, 1.165) is 17.1 Å². The van der Waals surface area contributed by atoms with Gasteiger partial charge in [-0.15, -0.1) is 0 Å². The quantitative estimate of drug-likeness (QED) is 0.736. The van der Waals surface area contributed by atoms with Crippen molar-refractivity contribution in [2.24, 2.45) is 0 Å². The molecule has 2 N–H and O–H groups in total. The van der Waals surface area contributed by atoms with E-state index in [4.69, 9.17) is 5.11 Å². The van der Waals surface area contributed by atoms with Gasteiger partial charge in [0.2, 0.25) is 0 Å². The largest absolute Gasteiger partial charge is 0.477 e. The lowest BCUT2D eigenvalue weighted by Gasteiger charge is -2.07. The topological polar surface area (TPSA) is 92.2 Å². The summed E-state index contributed by atoms with van der Waals surface area (Å²) in [7, 11) is 0. The number of aromatic amines is 1. The summed E-state index contributed by atoms with van der Waals surface area (Å²) in [5, 5.41) is 8.80. The summed E-state index contributed by atoms with van der Waals surface area (Å²) in [5.74, 6) is -1.27. The van der Waals surface area contributed by atoms with Crippen LogP contribution in [0.3, 0.4) is 0 Å². The number of H-pyrrole nitrogens is 1. The maximum absolute atomic E-state index is 11.3. The van der Waals surface area contributed by atoms with Gasteiger partial charge in [-0.2, -0.15) is 0 Å². The molecule has 1 heterocycles. The Bertz CT molecular complexity index is 472. The summed E-state index contributed by atoms with van der Waals surface area (Å²) in [6.45, 7) is 2.23. The molecule has 0 aliphatic heterocycles. The third-order valence-corrected chi connectivity index (χ3v) is 1.99. The third-order valence-electron chi connectivity index (χ3n) is 1.99. The fourth-order valence-electron chi connectivity index (χ4n) is 1.24. The smallest absolute Gasteiger partial charge is 0.352 e. The van der Waals surface area contributed by atoms with Crippen LogP contribution in [0, 0.1) is 0 Å². The number of nitrogens with one attached hydrogen (secondary N) is 1. The number of hydrogen-bond acceptors (Lipinski definition) is 3. The summed E-state index contributed by atoms with van der Waals surface area (Å²) in [5.41, 5.74) is -1.63. The second-order valence-corrected chi connectivity index (χ2v) is 3.13. The van der Waals surface area contributed by atoms with Gasteiger partial charge in [0.25, 0.3) is 5.56 Å². The highest BCUT2D eigenvalue weighted by atomic mass is 16.4. The van der Waals surface area contributed by atoms with Crippen LogP contribution in [-0.4, -0.2) is 20.6 Å². The molecule has 0 aliphatic rings. The first-order valence-corrected chi connectivity index (χ1v) is 4.63. The molecule has 1 aromatic rings. The Kier molecular flexibility index (Phi) is 3.43. The van der Waals surface area contributed by atoms with Crippen molar-refractivity contribution in [2.45, 2.75) is 26.3 Å². The first kappa shape index (κ1) is 11.2. The van der Waals surface area contributed by atoms with E-state index in [1.807, 2.05) is 11.9 Å². The van der Waals surface area contributed by atoms with Gasteiger partial charge in [0, 0.05) is 12.6 Å². The second-order valence-electron chi connectivity index (χ2n) is 3.13. The highest BCUT2D eigenvalue weighted by Gasteiger charge is 2.11. The van der Waals surface area contributed by atoms with E-state index in [9.17, 15) is 14.4 Å². The van der Waals surface area contributed by atoms with Gasteiger partial charge >= 0.3 is 11.7 Å². The molecule has 0 amide bonds. The van der Waals surface area contributed by atoms with Crippen molar-refractivity contribution in [3.8, 4) is 0 Å². The summed E-state index contributed by atoms with van der Waals surface area (Å²) in [4.78, 5) is 35.0. The van der Waals surface area contributed by atoms with Crippen molar-refractivity contribution < 1.29 is 9.90 Å². The number of nitrogens with zero attached hydrogens (tertiary/aromatic N) is 1. The minimum absolute atomic E-state index is 0.266. The Balaban J connectivity index is 3.27. The Morgan fingerprint density at radius 2 is 2.20 bits per heavy atom. The number of rotatable bonds is 4. The number of unbranched alkanes of at least 4 members (excludes halogenated alkanes) is 1. The van der Waals surface area contributed by atoms with Crippen LogP contribution in [0.1, 0.15) is 30.3 Å². The maximum Gasteiger partial charge on any atom is 0.352 e. The van der Waals surface area contributed by atoms with Gasteiger partial charge in [-0.25, -0.2) is 9.59 Å². The van der Waals surface area contributed by atoms with Gasteiger partial charge < -0.3 is 5.11 Å². The van der Waals surface area contributed by atoms with Crippen LogP contribution in [0.2, 0.25) is 0 Å².